The summed E-state index contributed by atoms with van der Waals surface area (Å²) >= 11 is 0. The van der Waals surface area contributed by atoms with Crippen LogP contribution in [0.2, 0.25) is 0 Å². The Morgan fingerprint density at radius 3 is 2.32 bits per heavy atom. The Morgan fingerprint density at radius 1 is 1.00 bits per heavy atom. The number of aliphatic hydroxyl groups is 4. The Bertz CT molecular complexity index is 448. The number of hydrogen-bond donors (Lipinski definition) is 6. The predicted octanol–water partition coefficient (Wildman–Crippen LogP) is -1.39. The van der Waals surface area contributed by atoms with Crippen LogP contribution in [0.4, 0.5) is 0 Å². The van der Waals surface area contributed by atoms with E-state index in [9.17, 15) is 25.5 Å². The highest BCUT2D eigenvalue weighted by Gasteiger charge is 2.44. The Morgan fingerprint density at radius 2 is 1.68 bits per heavy atom. The van der Waals surface area contributed by atoms with E-state index in [4.69, 9.17) is 9.84 Å². The van der Waals surface area contributed by atoms with Gasteiger partial charge in [-0.15, -0.1) is 0 Å². The molecular formula is C12H16O7. The second-order valence-corrected chi connectivity index (χ2v) is 4.49. The van der Waals surface area contributed by atoms with Crippen molar-refractivity contribution in [3.05, 3.63) is 23.8 Å². The van der Waals surface area contributed by atoms with Gasteiger partial charge in [0.15, 0.2) is 0 Å². The first-order valence-electron chi connectivity index (χ1n) is 5.78. The van der Waals surface area contributed by atoms with Gasteiger partial charge in [-0.25, -0.2) is 0 Å². The number of hydrogen-bond acceptors (Lipinski definition) is 7. The maximum Gasteiger partial charge on any atom is 0.121 e. The third-order valence-electron chi connectivity index (χ3n) is 3.21. The summed E-state index contributed by atoms with van der Waals surface area (Å²) in [4.78, 5) is 0. The Kier molecular flexibility index (Phi) is 3.93. The van der Waals surface area contributed by atoms with Gasteiger partial charge in [0.2, 0.25) is 0 Å². The van der Waals surface area contributed by atoms with Crippen LogP contribution < -0.4 is 0 Å². The standard InChI is InChI=1S/C12H16O7/c13-4-8-9(16)10(17)11(18)12(19-8)6-3-5(14)1-2-7(6)15/h1-3,8-18H,4H2/t8-,9-,10+,11-,12?/m1/s1. The summed E-state index contributed by atoms with van der Waals surface area (Å²) in [5.74, 6) is -0.383. The molecule has 1 aromatic rings. The van der Waals surface area contributed by atoms with E-state index in [-0.39, 0.29) is 17.1 Å². The van der Waals surface area contributed by atoms with E-state index < -0.39 is 37.1 Å². The molecule has 0 saturated carbocycles. The number of aromatic hydroxyl groups is 2. The Labute approximate surface area is 108 Å². The summed E-state index contributed by atoms with van der Waals surface area (Å²) in [6.07, 6.45) is -6.72. The lowest BCUT2D eigenvalue weighted by Crippen LogP contribution is -2.55. The molecule has 7 heteroatoms. The Balaban J connectivity index is 2.35. The van der Waals surface area contributed by atoms with Crippen LogP contribution in [-0.4, -0.2) is 61.7 Å². The summed E-state index contributed by atoms with van der Waals surface area (Å²) in [7, 11) is 0. The van der Waals surface area contributed by atoms with Crippen LogP contribution >= 0.6 is 0 Å². The van der Waals surface area contributed by atoms with Gasteiger partial charge in [0, 0.05) is 5.56 Å². The molecule has 1 aromatic carbocycles. The van der Waals surface area contributed by atoms with E-state index in [0.717, 1.165) is 0 Å². The minimum Gasteiger partial charge on any atom is -0.508 e. The summed E-state index contributed by atoms with van der Waals surface area (Å²) < 4.78 is 5.27. The molecule has 2 rings (SSSR count). The van der Waals surface area contributed by atoms with Crippen LogP contribution in [0.25, 0.3) is 0 Å². The topological polar surface area (TPSA) is 131 Å². The SMILES string of the molecule is OC[C@H]1OC(c2cc(O)ccc2O)[C@H](O)[C@@H](O)[C@@H]1O. The summed E-state index contributed by atoms with van der Waals surface area (Å²) in [6, 6.07) is 3.65. The third-order valence-corrected chi connectivity index (χ3v) is 3.21. The lowest BCUT2D eigenvalue weighted by molar-refractivity contribution is -0.232. The molecule has 0 aromatic heterocycles. The van der Waals surface area contributed by atoms with Crippen molar-refractivity contribution >= 4 is 0 Å². The average Bonchev–Trinajstić information content (AvgIpc) is 2.40. The number of aliphatic hydroxyl groups excluding tert-OH is 4. The van der Waals surface area contributed by atoms with E-state index in [1.807, 2.05) is 0 Å². The molecule has 1 saturated heterocycles. The second kappa shape index (κ2) is 5.32. The summed E-state index contributed by atoms with van der Waals surface area (Å²) in [5, 5.41) is 57.3. The van der Waals surface area contributed by atoms with E-state index in [1.54, 1.807) is 0 Å². The fourth-order valence-electron chi connectivity index (χ4n) is 2.13. The number of phenolic OH excluding ortho intramolecular Hbond substituents is 2. The third kappa shape index (κ3) is 2.51. The van der Waals surface area contributed by atoms with Gasteiger partial charge < -0.3 is 35.4 Å². The first-order valence-corrected chi connectivity index (χ1v) is 5.78. The molecule has 0 radical (unpaired) electrons. The molecule has 1 aliphatic rings. The van der Waals surface area contributed by atoms with Crippen LogP contribution in [0, 0.1) is 0 Å². The van der Waals surface area contributed by atoms with Gasteiger partial charge in [-0.1, -0.05) is 0 Å². The second-order valence-electron chi connectivity index (χ2n) is 4.49. The first kappa shape index (κ1) is 14.0. The molecule has 6 N–H and O–H groups in total. The van der Waals surface area contributed by atoms with Gasteiger partial charge in [0.25, 0.3) is 0 Å². The predicted molar refractivity (Wildman–Crippen MR) is 62.5 cm³/mol. The molecule has 0 aliphatic carbocycles. The lowest BCUT2D eigenvalue weighted by atomic mass is 9.91. The van der Waals surface area contributed by atoms with E-state index >= 15 is 0 Å². The molecule has 5 atom stereocenters. The maximum atomic E-state index is 9.88. The summed E-state index contributed by atoms with van der Waals surface area (Å²) in [6.45, 7) is -0.555. The maximum absolute atomic E-state index is 9.88. The molecule has 7 nitrogen and oxygen atoms in total. The highest BCUT2D eigenvalue weighted by Crippen LogP contribution is 2.37. The molecule has 1 heterocycles. The van der Waals surface area contributed by atoms with Crippen LogP contribution in [0.5, 0.6) is 11.5 Å². The molecule has 19 heavy (non-hydrogen) atoms. The van der Waals surface area contributed by atoms with Crippen molar-refractivity contribution in [2.75, 3.05) is 6.61 Å². The zero-order valence-electron chi connectivity index (χ0n) is 9.92. The smallest absolute Gasteiger partial charge is 0.121 e. The number of ether oxygens (including phenoxy) is 1. The quantitative estimate of drug-likeness (QED) is 0.365. The van der Waals surface area contributed by atoms with Crippen molar-refractivity contribution in [1.29, 1.82) is 0 Å². The van der Waals surface area contributed by atoms with Crippen molar-refractivity contribution in [2.24, 2.45) is 0 Å². The van der Waals surface area contributed by atoms with E-state index in [0.29, 0.717) is 0 Å². The van der Waals surface area contributed by atoms with Crippen LogP contribution in [0.15, 0.2) is 18.2 Å². The van der Waals surface area contributed by atoms with Gasteiger partial charge in [-0.2, -0.15) is 0 Å². The normalized spacial score (nSPS) is 35.3. The minimum atomic E-state index is -1.53. The van der Waals surface area contributed by atoms with E-state index in [1.165, 1.54) is 18.2 Å². The van der Waals surface area contributed by atoms with Crippen LogP contribution in [-0.2, 0) is 4.74 Å². The summed E-state index contributed by atoms with van der Waals surface area (Å²) in [5.41, 5.74) is 0.0666. The highest BCUT2D eigenvalue weighted by atomic mass is 16.5. The minimum absolute atomic E-state index is 0.0666. The average molecular weight is 272 g/mol. The Hall–Kier alpha value is -1.38. The molecule has 0 bridgehead atoms. The van der Waals surface area contributed by atoms with Crippen molar-refractivity contribution in [1.82, 2.24) is 0 Å². The van der Waals surface area contributed by atoms with Gasteiger partial charge in [-0.3, -0.25) is 0 Å². The van der Waals surface area contributed by atoms with Gasteiger partial charge in [0.1, 0.15) is 42.0 Å². The number of benzene rings is 1. The molecule has 1 unspecified atom stereocenters. The van der Waals surface area contributed by atoms with Gasteiger partial charge >= 0.3 is 0 Å². The number of rotatable bonds is 2. The van der Waals surface area contributed by atoms with Crippen molar-refractivity contribution in [3.63, 3.8) is 0 Å². The molecule has 1 aliphatic heterocycles. The fraction of sp³-hybridized carbons (Fsp3) is 0.500. The van der Waals surface area contributed by atoms with Gasteiger partial charge in [-0.05, 0) is 18.2 Å². The molecule has 106 valence electrons. The zero-order chi connectivity index (χ0) is 14.2. The lowest BCUT2D eigenvalue weighted by Gasteiger charge is -2.40. The monoisotopic (exact) mass is 272 g/mol. The van der Waals surface area contributed by atoms with Gasteiger partial charge in [0.05, 0.1) is 6.61 Å². The van der Waals surface area contributed by atoms with Crippen LogP contribution in [0.3, 0.4) is 0 Å². The zero-order valence-corrected chi connectivity index (χ0v) is 9.92. The number of phenols is 2. The first-order chi connectivity index (χ1) is 8.95. The molecule has 1 fully saturated rings. The molecule has 0 amide bonds. The highest BCUT2D eigenvalue weighted by molar-refractivity contribution is 5.41. The molecular weight excluding hydrogens is 256 g/mol. The van der Waals surface area contributed by atoms with Crippen LogP contribution in [0.1, 0.15) is 11.7 Å². The van der Waals surface area contributed by atoms with Crippen molar-refractivity contribution in [3.8, 4) is 11.5 Å². The van der Waals surface area contributed by atoms with Crippen molar-refractivity contribution < 1.29 is 35.4 Å². The largest absolute Gasteiger partial charge is 0.508 e. The van der Waals surface area contributed by atoms with Crippen molar-refractivity contribution in [2.45, 2.75) is 30.5 Å². The molecule has 0 spiro atoms. The van der Waals surface area contributed by atoms with E-state index in [2.05, 4.69) is 0 Å². The fourth-order valence-corrected chi connectivity index (χ4v) is 2.13.